The third kappa shape index (κ3) is 4.65. The Hall–Kier alpha value is -3.26. The molecule has 4 heterocycles. The molecule has 0 radical (unpaired) electrons. The van der Waals surface area contributed by atoms with Crippen molar-refractivity contribution in [2.75, 3.05) is 42.9 Å². The minimum absolute atomic E-state index is 0.00788. The molecule has 0 saturated carbocycles. The van der Waals surface area contributed by atoms with E-state index in [4.69, 9.17) is 0 Å². The van der Waals surface area contributed by atoms with Gasteiger partial charge in [-0.2, -0.15) is 0 Å². The molecule has 2 aromatic heterocycles. The van der Waals surface area contributed by atoms with Crippen molar-refractivity contribution in [3.63, 3.8) is 0 Å². The van der Waals surface area contributed by atoms with Gasteiger partial charge in [-0.15, -0.1) is 10.2 Å². The number of rotatable bonds is 5. The molecule has 8 nitrogen and oxygen atoms in total. The first-order valence-electron chi connectivity index (χ1n) is 11.5. The number of anilines is 2. The molecule has 1 amide bonds. The van der Waals surface area contributed by atoms with E-state index in [0.29, 0.717) is 6.54 Å². The topological polar surface area (TPSA) is 79.2 Å². The van der Waals surface area contributed by atoms with E-state index in [-0.39, 0.29) is 5.91 Å². The molecular formula is C24H29N7O. The lowest BCUT2D eigenvalue weighted by molar-refractivity contribution is -0.117. The van der Waals surface area contributed by atoms with Crippen LogP contribution in [-0.2, 0) is 17.8 Å². The molecule has 0 bridgehead atoms. The van der Waals surface area contributed by atoms with Crippen LogP contribution in [0.25, 0.3) is 11.4 Å². The molecule has 2 aliphatic rings. The van der Waals surface area contributed by atoms with Crippen LogP contribution in [0.4, 0.5) is 11.5 Å². The van der Waals surface area contributed by atoms with Crippen LogP contribution in [0.5, 0.6) is 0 Å². The Morgan fingerprint density at radius 1 is 0.938 bits per heavy atom. The minimum Gasteiger partial charge on any atom is -0.354 e. The van der Waals surface area contributed by atoms with E-state index in [2.05, 4.69) is 34.9 Å². The highest BCUT2D eigenvalue weighted by atomic mass is 16.2. The Morgan fingerprint density at radius 3 is 2.69 bits per heavy atom. The lowest BCUT2D eigenvalue weighted by atomic mass is 10.2. The first kappa shape index (κ1) is 20.6. The first-order chi connectivity index (χ1) is 15.8. The number of benzene rings is 1. The number of hydrogen-bond donors (Lipinski definition) is 1. The highest BCUT2D eigenvalue weighted by molar-refractivity contribution is 5.92. The maximum atomic E-state index is 12.7. The summed E-state index contributed by atoms with van der Waals surface area (Å²) in [5.41, 5.74) is 1.79. The molecule has 1 aromatic carbocycles. The largest absolute Gasteiger partial charge is 0.354 e. The summed E-state index contributed by atoms with van der Waals surface area (Å²) in [5, 5.41) is 11.9. The Kier molecular flexibility index (Phi) is 6.11. The molecule has 3 aromatic rings. The van der Waals surface area contributed by atoms with Crippen LogP contribution in [0.2, 0.25) is 0 Å². The molecule has 8 heteroatoms. The SMILES string of the molecule is O=C(CN1CCN(c2ccccn2)CC1)Nc1cccc(-c2nnc3n2CCCCC3)c1. The van der Waals surface area contributed by atoms with Gasteiger partial charge in [0.2, 0.25) is 5.91 Å². The van der Waals surface area contributed by atoms with Crippen LogP contribution < -0.4 is 10.2 Å². The van der Waals surface area contributed by atoms with Gasteiger partial charge in [0, 0.05) is 56.6 Å². The normalized spacial score (nSPS) is 16.9. The summed E-state index contributed by atoms with van der Waals surface area (Å²) in [6, 6.07) is 13.9. The molecule has 0 atom stereocenters. The van der Waals surface area contributed by atoms with Crippen LogP contribution in [-0.4, -0.2) is 63.3 Å². The fraction of sp³-hybridized carbons (Fsp3) is 0.417. The zero-order valence-electron chi connectivity index (χ0n) is 18.3. The second-order valence-corrected chi connectivity index (χ2v) is 8.48. The number of nitrogens with one attached hydrogen (secondary N) is 1. The smallest absolute Gasteiger partial charge is 0.238 e. The average molecular weight is 432 g/mol. The summed E-state index contributed by atoms with van der Waals surface area (Å²) < 4.78 is 2.23. The van der Waals surface area contributed by atoms with Gasteiger partial charge in [-0.05, 0) is 37.1 Å². The van der Waals surface area contributed by atoms with Crippen molar-refractivity contribution in [1.29, 1.82) is 0 Å². The van der Waals surface area contributed by atoms with Gasteiger partial charge in [0.1, 0.15) is 11.6 Å². The van der Waals surface area contributed by atoms with Crippen molar-refractivity contribution in [2.24, 2.45) is 0 Å². The van der Waals surface area contributed by atoms with Crippen molar-refractivity contribution in [3.05, 3.63) is 54.5 Å². The summed E-state index contributed by atoms with van der Waals surface area (Å²) in [5.74, 6) is 2.97. The second kappa shape index (κ2) is 9.48. The highest BCUT2D eigenvalue weighted by Gasteiger charge is 2.20. The molecule has 5 rings (SSSR count). The van der Waals surface area contributed by atoms with Gasteiger partial charge >= 0.3 is 0 Å². The summed E-state index contributed by atoms with van der Waals surface area (Å²) in [6.07, 6.45) is 6.36. The van der Waals surface area contributed by atoms with Gasteiger partial charge < -0.3 is 14.8 Å². The van der Waals surface area contributed by atoms with Crippen LogP contribution in [0, 0.1) is 0 Å². The summed E-state index contributed by atoms with van der Waals surface area (Å²) in [4.78, 5) is 21.6. The summed E-state index contributed by atoms with van der Waals surface area (Å²) >= 11 is 0. The molecule has 32 heavy (non-hydrogen) atoms. The number of carbonyl (C=O) groups is 1. The quantitative estimate of drug-likeness (QED) is 0.669. The van der Waals surface area contributed by atoms with E-state index in [9.17, 15) is 4.79 Å². The third-order valence-corrected chi connectivity index (χ3v) is 6.23. The van der Waals surface area contributed by atoms with Crippen LogP contribution in [0.15, 0.2) is 48.7 Å². The Bertz CT molecular complexity index is 1060. The molecule has 0 spiro atoms. The van der Waals surface area contributed by atoms with E-state index in [1.54, 1.807) is 0 Å². The number of aryl methyl sites for hydroxylation is 1. The monoisotopic (exact) mass is 431 g/mol. The lowest BCUT2D eigenvalue weighted by Gasteiger charge is -2.34. The maximum absolute atomic E-state index is 12.7. The zero-order chi connectivity index (χ0) is 21.8. The fourth-order valence-corrected chi connectivity index (χ4v) is 4.51. The lowest BCUT2D eigenvalue weighted by Crippen LogP contribution is -2.48. The van der Waals surface area contributed by atoms with Gasteiger partial charge in [-0.1, -0.05) is 24.6 Å². The standard InChI is InChI=1S/C24H29N7O/c32-23(18-29-13-15-30(16-14-29)21-9-3-4-11-25-21)26-20-8-6-7-19(17-20)24-28-27-22-10-2-1-5-12-31(22)24/h3-4,6-9,11,17H,1-2,5,10,12-16,18H2,(H,26,32). The van der Waals surface area contributed by atoms with Crippen LogP contribution in [0.3, 0.4) is 0 Å². The molecule has 1 N–H and O–H groups in total. The van der Waals surface area contributed by atoms with Crippen molar-refractivity contribution in [1.82, 2.24) is 24.6 Å². The average Bonchev–Trinajstić information content (AvgIpc) is 3.08. The number of carbonyl (C=O) groups excluding carboxylic acids is 1. The zero-order valence-corrected chi connectivity index (χ0v) is 18.3. The summed E-state index contributed by atoms with van der Waals surface area (Å²) in [6.45, 7) is 4.78. The van der Waals surface area contributed by atoms with E-state index in [1.165, 1.54) is 12.8 Å². The van der Waals surface area contributed by atoms with Gasteiger partial charge in [-0.25, -0.2) is 4.98 Å². The first-order valence-corrected chi connectivity index (χ1v) is 11.5. The number of hydrogen-bond acceptors (Lipinski definition) is 6. The molecule has 1 saturated heterocycles. The predicted octanol–water partition coefficient (Wildman–Crippen LogP) is 2.83. The molecule has 166 valence electrons. The maximum Gasteiger partial charge on any atom is 0.238 e. The van der Waals surface area contributed by atoms with E-state index in [0.717, 1.165) is 74.3 Å². The molecule has 1 fully saturated rings. The van der Waals surface area contributed by atoms with E-state index < -0.39 is 0 Å². The van der Waals surface area contributed by atoms with Crippen LogP contribution in [0.1, 0.15) is 25.1 Å². The second-order valence-electron chi connectivity index (χ2n) is 8.48. The number of aromatic nitrogens is 4. The molecule has 2 aliphatic heterocycles. The van der Waals surface area contributed by atoms with Crippen molar-refractivity contribution in [3.8, 4) is 11.4 Å². The number of nitrogens with zero attached hydrogens (tertiary/aromatic N) is 6. The molecular weight excluding hydrogens is 402 g/mol. The third-order valence-electron chi connectivity index (χ3n) is 6.23. The van der Waals surface area contributed by atoms with Gasteiger partial charge in [0.25, 0.3) is 0 Å². The van der Waals surface area contributed by atoms with Crippen LogP contribution >= 0.6 is 0 Å². The number of amides is 1. The Morgan fingerprint density at radius 2 is 1.84 bits per heavy atom. The fourth-order valence-electron chi connectivity index (χ4n) is 4.51. The van der Waals surface area contributed by atoms with Crippen molar-refractivity contribution in [2.45, 2.75) is 32.2 Å². The predicted molar refractivity (Wildman–Crippen MR) is 125 cm³/mol. The molecule has 0 unspecified atom stereocenters. The van der Waals surface area contributed by atoms with Crippen molar-refractivity contribution < 1.29 is 4.79 Å². The van der Waals surface area contributed by atoms with E-state index >= 15 is 0 Å². The number of pyridine rings is 1. The van der Waals surface area contributed by atoms with Gasteiger partial charge in [0.15, 0.2) is 5.82 Å². The van der Waals surface area contributed by atoms with Gasteiger partial charge in [-0.3, -0.25) is 9.69 Å². The Labute approximate surface area is 188 Å². The Balaban J connectivity index is 1.19. The van der Waals surface area contributed by atoms with Crippen molar-refractivity contribution >= 4 is 17.4 Å². The van der Waals surface area contributed by atoms with Gasteiger partial charge in [0.05, 0.1) is 6.54 Å². The highest BCUT2D eigenvalue weighted by Crippen LogP contribution is 2.25. The number of piperazine rings is 1. The number of fused-ring (bicyclic) bond motifs is 1. The minimum atomic E-state index is 0.00788. The van der Waals surface area contributed by atoms with E-state index in [1.807, 2.05) is 48.7 Å². The molecule has 0 aliphatic carbocycles. The summed E-state index contributed by atoms with van der Waals surface area (Å²) in [7, 11) is 0.